The summed E-state index contributed by atoms with van der Waals surface area (Å²) in [7, 11) is 3.67. The smallest absolute Gasteiger partial charge is 0.212 e. The van der Waals surface area contributed by atoms with Crippen LogP contribution in [0, 0.1) is 0 Å². The Bertz CT molecular complexity index is 845. The van der Waals surface area contributed by atoms with E-state index in [-0.39, 0.29) is 17.8 Å². The quantitative estimate of drug-likeness (QED) is 0.413. The molecule has 0 aliphatic carbocycles. The van der Waals surface area contributed by atoms with Gasteiger partial charge in [-0.2, -0.15) is 9.68 Å². The van der Waals surface area contributed by atoms with Crippen LogP contribution in [0.15, 0.2) is 53.6 Å². The van der Waals surface area contributed by atoms with Gasteiger partial charge in [-0.3, -0.25) is 5.01 Å². The van der Waals surface area contributed by atoms with Crippen LogP contribution in [-0.4, -0.2) is 43.8 Å². The van der Waals surface area contributed by atoms with Crippen molar-refractivity contribution in [3.63, 3.8) is 0 Å². The Morgan fingerprint density at radius 3 is 2.48 bits per heavy atom. The number of hydrogen-bond acceptors (Lipinski definition) is 3. The minimum Gasteiger partial charge on any atom is -1.00 e. The SMILES string of the molecule is COCC[N+]1=C(/C=N/N(C)c2ccc(Cl)cc2)C(C)(C)c2ccccc21.[Cl-]. The first-order valence-corrected chi connectivity index (χ1v) is 9.09. The maximum atomic E-state index is 5.97. The van der Waals surface area contributed by atoms with Crippen molar-refractivity contribution in [2.24, 2.45) is 5.10 Å². The number of anilines is 1. The number of fused-ring (bicyclic) bond motifs is 1. The third-order valence-corrected chi connectivity index (χ3v) is 5.12. The molecule has 0 spiro atoms. The molecule has 1 heterocycles. The summed E-state index contributed by atoms with van der Waals surface area (Å²) in [5.74, 6) is 0. The molecule has 0 radical (unpaired) electrons. The van der Waals surface area contributed by atoms with Crippen molar-refractivity contribution < 1.29 is 21.7 Å². The monoisotopic (exact) mass is 405 g/mol. The zero-order valence-corrected chi connectivity index (χ0v) is 17.6. The predicted octanol–water partition coefficient (Wildman–Crippen LogP) is 1.49. The summed E-state index contributed by atoms with van der Waals surface area (Å²) in [6.45, 7) is 5.93. The molecule has 0 fully saturated rings. The second-order valence-electron chi connectivity index (χ2n) is 6.92. The molecule has 0 aromatic heterocycles. The fourth-order valence-electron chi connectivity index (χ4n) is 3.36. The molecule has 0 saturated heterocycles. The van der Waals surface area contributed by atoms with Gasteiger partial charge in [0.1, 0.15) is 12.8 Å². The lowest BCUT2D eigenvalue weighted by Gasteiger charge is -2.16. The number of rotatable bonds is 6. The second-order valence-corrected chi connectivity index (χ2v) is 7.35. The Balaban J connectivity index is 0.00000261. The van der Waals surface area contributed by atoms with Crippen molar-refractivity contribution >= 4 is 34.9 Å². The van der Waals surface area contributed by atoms with Gasteiger partial charge in [0.05, 0.1) is 11.1 Å². The Morgan fingerprint density at radius 2 is 1.81 bits per heavy atom. The van der Waals surface area contributed by atoms with Crippen molar-refractivity contribution in [3.05, 3.63) is 59.1 Å². The Hall–Kier alpha value is -1.88. The zero-order valence-electron chi connectivity index (χ0n) is 16.1. The first kappa shape index (κ1) is 21.4. The topological polar surface area (TPSA) is 27.8 Å². The molecule has 144 valence electrons. The minimum absolute atomic E-state index is 0. The number of methoxy groups -OCH3 is 1. The molecule has 2 aromatic rings. The number of halogens is 2. The fourth-order valence-corrected chi connectivity index (χ4v) is 3.49. The molecule has 1 aliphatic rings. The highest BCUT2D eigenvalue weighted by Gasteiger charge is 2.44. The van der Waals surface area contributed by atoms with E-state index in [4.69, 9.17) is 16.3 Å². The highest BCUT2D eigenvalue weighted by molar-refractivity contribution is 6.33. The Labute approximate surface area is 172 Å². The zero-order chi connectivity index (χ0) is 18.7. The number of para-hydroxylation sites is 1. The number of benzene rings is 2. The molecule has 3 rings (SSSR count). The normalized spacial score (nSPS) is 15.0. The lowest BCUT2D eigenvalue weighted by atomic mass is 9.82. The average molecular weight is 406 g/mol. The minimum atomic E-state index is -0.116. The van der Waals surface area contributed by atoms with Gasteiger partial charge < -0.3 is 17.1 Å². The first-order chi connectivity index (χ1) is 12.4. The maximum absolute atomic E-state index is 5.97. The van der Waals surface area contributed by atoms with Crippen LogP contribution in [0.1, 0.15) is 19.4 Å². The summed E-state index contributed by atoms with van der Waals surface area (Å²) >= 11 is 5.97. The highest BCUT2D eigenvalue weighted by atomic mass is 35.5. The van der Waals surface area contributed by atoms with Gasteiger partial charge in [0, 0.05) is 30.8 Å². The van der Waals surface area contributed by atoms with Crippen LogP contribution in [-0.2, 0) is 10.2 Å². The highest BCUT2D eigenvalue weighted by Crippen LogP contribution is 2.38. The molecule has 0 unspecified atom stereocenters. The molecular formula is C21H25Cl2N3O. The molecule has 0 N–H and O–H groups in total. The first-order valence-electron chi connectivity index (χ1n) is 8.72. The summed E-state index contributed by atoms with van der Waals surface area (Å²) in [5, 5.41) is 7.27. The second kappa shape index (κ2) is 8.87. The fraction of sp³-hybridized carbons (Fsp3) is 0.333. The molecular weight excluding hydrogens is 381 g/mol. The summed E-state index contributed by atoms with van der Waals surface area (Å²) in [6.07, 6.45) is 1.96. The van der Waals surface area contributed by atoms with E-state index in [0.29, 0.717) is 6.61 Å². The third kappa shape index (κ3) is 4.34. The van der Waals surface area contributed by atoms with E-state index in [0.717, 1.165) is 23.0 Å². The van der Waals surface area contributed by atoms with Crippen LogP contribution in [0.3, 0.4) is 0 Å². The largest absolute Gasteiger partial charge is 1.00 e. The van der Waals surface area contributed by atoms with Crippen molar-refractivity contribution in [1.29, 1.82) is 0 Å². The molecule has 6 heteroatoms. The number of ether oxygens (including phenoxy) is 1. The third-order valence-electron chi connectivity index (χ3n) is 4.87. The van der Waals surface area contributed by atoms with E-state index in [1.54, 1.807) is 7.11 Å². The molecule has 0 saturated carbocycles. The summed E-state index contributed by atoms with van der Waals surface area (Å²) in [4.78, 5) is 0. The van der Waals surface area contributed by atoms with Gasteiger partial charge in [0.15, 0.2) is 6.54 Å². The van der Waals surface area contributed by atoms with Gasteiger partial charge in [-0.1, -0.05) is 29.8 Å². The summed E-state index contributed by atoms with van der Waals surface area (Å²) < 4.78 is 7.62. The van der Waals surface area contributed by atoms with Gasteiger partial charge in [0.25, 0.3) is 0 Å². The standard InChI is InChI=1S/C21H25ClN3O.ClH/c1-21(2)18-7-5-6-8-19(18)25(13-14-26-4)20(21)15-23-24(3)17-11-9-16(22)10-12-17;/h5-12,15H,13-14H2,1-4H3;1H/q+1;/p-1. The number of hydrazone groups is 1. The van der Waals surface area contributed by atoms with Crippen molar-refractivity contribution in [2.45, 2.75) is 19.3 Å². The maximum Gasteiger partial charge on any atom is 0.212 e. The van der Waals surface area contributed by atoms with Gasteiger partial charge in [-0.25, -0.2) is 0 Å². The summed E-state index contributed by atoms with van der Waals surface area (Å²) in [6, 6.07) is 16.2. The van der Waals surface area contributed by atoms with Crippen LogP contribution >= 0.6 is 11.6 Å². The van der Waals surface area contributed by atoms with E-state index in [2.05, 4.69) is 47.8 Å². The molecule has 27 heavy (non-hydrogen) atoms. The lowest BCUT2D eigenvalue weighted by molar-refractivity contribution is -0.440. The van der Waals surface area contributed by atoms with Gasteiger partial charge in [-0.05, 0) is 38.1 Å². The van der Waals surface area contributed by atoms with Gasteiger partial charge in [-0.15, -0.1) is 0 Å². The molecule has 1 aliphatic heterocycles. The predicted molar refractivity (Wildman–Crippen MR) is 109 cm³/mol. The van der Waals surface area contributed by atoms with Gasteiger partial charge in [0.2, 0.25) is 11.4 Å². The van der Waals surface area contributed by atoms with E-state index in [9.17, 15) is 0 Å². The van der Waals surface area contributed by atoms with Crippen molar-refractivity contribution in [3.8, 4) is 0 Å². The van der Waals surface area contributed by atoms with Crippen LogP contribution in [0.2, 0.25) is 5.02 Å². The van der Waals surface area contributed by atoms with E-state index in [1.807, 2.05) is 42.5 Å². The lowest BCUT2D eigenvalue weighted by Crippen LogP contribution is -3.00. The van der Waals surface area contributed by atoms with Crippen LogP contribution in [0.25, 0.3) is 0 Å². The average Bonchev–Trinajstić information content (AvgIpc) is 2.85. The summed E-state index contributed by atoms with van der Waals surface area (Å²) in [5.41, 5.74) is 4.57. The number of nitrogens with zero attached hydrogens (tertiary/aromatic N) is 3. The van der Waals surface area contributed by atoms with Crippen molar-refractivity contribution in [2.75, 3.05) is 32.3 Å². The van der Waals surface area contributed by atoms with E-state index >= 15 is 0 Å². The van der Waals surface area contributed by atoms with Crippen LogP contribution < -0.4 is 17.4 Å². The molecule has 2 aromatic carbocycles. The van der Waals surface area contributed by atoms with E-state index < -0.39 is 0 Å². The molecule has 0 atom stereocenters. The van der Waals surface area contributed by atoms with Crippen LogP contribution in [0.5, 0.6) is 0 Å². The van der Waals surface area contributed by atoms with Crippen molar-refractivity contribution in [1.82, 2.24) is 0 Å². The Morgan fingerprint density at radius 1 is 1.15 bits per heavy atom. The number of hydrogen-bond donors (Lipinski definition) is 0. The molecule has 0 bridgehead atoms. The van der Waals surface area contributed by atoms with Crippen LogP contribution in [0.4, 0.5) is 11.4 Å². The Kier molecular flexibility index (Phi) is 7.04. The molecule has 0 amide bonds. The molecule has 4 nitrogen and oxygen atoms in total. The van der Waals surface area contributed by atoms with Gasteiger partial charge >= 0.3 is 0 Å². The van der Waals surface area contributed by atoms with E-state index in [1.165, 1.54) is 11.3 Å².